The SMILES string of the molecule is CN1C(=O)N[14C](=O)C1(C)C. The molecule has 10 heavy (non-hydrogen) atoms. The van der Waals surface area contributed by atoms with Gasteiger partial charge in [0.05, 0.1) is 0 Å². The second-order valence-corrected chi connectivity index (χ2v) is 2.88. The summed E-state index contributed by atoms with van der Waals surface area (Å²) in [5.41, 5.74) is -0.683. The summed E-state index contributed by atoms with van der Waals surface area (Å²) >= 11 is 0. The van der Waals surface area contributed by atoms with Gasteiger partial charge in [0.15, 0.2) is 0 Å². The maximum atomic E-state index is 10.9. The molecular formula is C6H10N2O2. The van der Waals surface area contributed by atoms with Gasteiger partial charge in [-0.05, 0) is 13.8 Å². The van der Waals surface area contributed by atoms with E-state index in [0.29, 0.717) is 0 Å². The minimum Gasteiger partial charge on any atom is -0.313 e. The molecule has 0 aromatic carbocycles. The first-order chi connectivity index (χ1) is 4.46. The molecule has 0 bridgehead atoms. The van der Waals surface area contributed by atoms with Crippen molar-refractivity contribution in [3.63, 3.8) is 0 Å². The lowest BCUT2D eigenvalue weighted by atomic mass is 10.2. The fraction of sp³-hybridized carbons (Fsp3) is 0.667. The largest absolute Gasteiger partial charge is 0.324 e. The van der Waals surface area contributed by atoms with Gasteiger partial charge in [0.1, 0.15) is 5.54 Å². The summed E-state index contributed by atoms with van der Waals surface area (Å²) in [5.74, 6) is -0.236. The van der Waals surface area contributed by atoms with E-state index in [2.05, 4.69) is 5.32 Å². The highest BCUT2D eigenvalue weighted by molar-refractivity contribution is 6.06. The highest BCUT2D eigenvalue weighted by Gasteiger charge is 2.42. The molecular weight excluding hydrogens is 134 g/mol. The van der Waals surface area contributed by atoms with Gasteiger partial charge in [0, 0.05) is 7.05 Å². The van der Waals surface area contributed by atoms with Crippen LogP contribution in [0.15, 0.2) is 0 Å². The standard InChI is InChI=1S/C6H10N2O2/c1-6(2)4(9)7-5(10)8(6)3/h1-3H3,(H,7,9,10)/i4+2. The molecule has 1 aliphatic rings. The predicted molar refractivity (Wildman–Crippen MR) is 35.4 cm³/mol. The molecule has 0 aliphatic carbocycles. The van der Waals surface area contributed by atoms with Crippen molar-refractivity contribution in [2.24, 2.45) is 0 Å². The number of amides is 3. The summed E-state index contributed by atoms with van der Waals surface area (Å²) in [6, 6.07) is -0.324. The van der Waals surface area contributed by atoms with Gasteiger partial charge in [-0.2, -0.15) is 0 Å². The number of hydrogen-bond acceptors (Lipinski definition) is 2. The van der Waals surface area contributed by atoms with Crippen LogP contribution in [0.1, 0.15) is 13.8 Å². The molecule has 1 heterocycles. The molecule has 0 aromatic rings. The molecule has 1 rings (SSSR count). The van der Waals surface area contributed by atoms with Gasteiger partial charge in [-0.25, -0.2) is 4.79 Å². The van der Waals surface area contributed by atoms with Crippen molar-refractivity contribution in [1.29, 1.82) is 0 Å². The third-order valence-corrected chi connectivity index (χ3v) is 1.92. The molecule has 0 saturated carbocycles. The number of likely N-dealkylation sites (N-methyl/N-ethyl adjacent to an activating group) is 1. The van der Waals surface area contributed by atoms with Crippen LogP contribution in [0.25, 0.3) is 0 Å². The van der Waals surface area contributed by atoms with E-state index in [1.807, 2.05) is 0 Å². The highest BCUT2D eigenvalue weighted by Crippen LogP contribution is 2.17. The average molecular weight is 144 g/mol. The Kier molecular flexibility index (Phi) is 1.21. The monoisotopic (exact) mass is 144 g/mol. The molecule has 0 aromatic heterocycles. The smallest absolute Gasteiger partial charge is 0.313 e. The fourth-order valence-corrected chi connectivity index (χ4v) is 0.740. The summed E-state index contributed by atoms with van der Waals surface area (Å²) in [7, 11) is 1.60. The fourth-order valence-electron chi connectivity index (χ4n) is 0.740. The second-order valence-electron chi connectivity index (χ2n) is 2.88. The Morgan fingerprint density at radius 3 is 2.20 bits per heavy atom. The third-order valence-electron chi connectivity index (χ3n) is 1.92. The van der Waals surface area contributed by atoms with Crippen LogP contribution in [-0.4, -0.2) is 29.4 Å². The first kappa shape index (κ1) is 7.05. The number of nitrogens with zero attached hydrogens (tertiary/aromatic N) is 1. The molecule has 56 valence electrons. The number of rotatable bonds is 0. The number of imide groups is 1. The molecule has 1 N–H and O–H groups in total. The van der Waals surface area contributed by atoms with E-state index < -0.39 is 5.54 Å². The number of carbonyl (C=O) groups excluding carboxylic acids is 2. The van der Waals surface area contributed by atoms with Crippen LogP contribution in [0.4, 0.5) is 4.79 Å². The Morgan fingerprint density at radius 1 is 1.60 bits per heavy atom. The quantitative estimate of drug-likeness (QED) is 0.484. The molecule has 0 spiro atoms. The lowest BCUT2D eigenvalue weighted by Crippen LogP contribution is -2.41. The van der Waals surface area contributed by atoms with Crippen LogP contribution in [-0.2, 0) is 4.79 Å². The van der Waals surface area contributed by atoms with Crippen LogP contribution in [0.5, 0.6) is 0 Å². The summed E-state index contributed by atoms with van der Waals surface area (Å²) in [5, 5.41) is 2.20. The molecule has 0 unspecified atom stereocenters. The van der Waals surface area contributed by atoms with E-state index >= 15 is 0 Å². The minimum atomic E-state index is -0.683. The van der Waals surface area contributed by atoms with Crippen molar-refractivity contribution in [2.75, 3.05) is 7.05 Å². The summed E-state index contributed by atoms with van der Waals surface area (Å²) in [6.07, 6.45) is 0. The van der Waals surface area contributed by atoms with Gasteiger partial charge in [-0.15, -0.1) is 0 Å². The molecule has 0 radical (unpaired) electrons. The zero-order chi connectivity index (χ0) is 7.94. The maximum absolute atomic E-state index is 10.9. The van der Waals surface area contributed by atoms with Crippen molar-refractivity contribution in [2.45, 2.75) is 19.4 Å². The Hall–Kier alpha value is -1.06. The normalized spacial score (nSPS) is 23.3. The van der Waals surface area contributed by atoms with E-state index in [0.717, 1.165) is 0 Å². The molecule has 3 amide bonds. The Bertz CT molecular complexity index is 198. The van der Waals surface area contributed by atoms with Gasteiger partial charge in [-0.1, -0.05) is 0 Å². The molecule has 1 fully saturated rings. The van der Waals surface area contributed by atoms with E-state index in [9.17, 15) is 9.59 Å². The number of carbonyl (C=O) groups is 2. The van der Waals surface area contributed by atoms with Gasteiger partial charge in [0.2, 0.25) is 0 Å². The van der Waals surface area contributed by atoms with Gasteiger partial charge in [0.25, 0.3) is 5.91 Å². The molecule has 4 heteroatoms. The number of urea groups is 1. The lowest BCUT2D eigenvalue weighted by Gasteiger charge is -2.22. The van der Waals surface area contributed by atoms with E-state index in [4.69, 9.17) is 0 Å². The second kappa shape index (κ2) is 1.71. The van der Waals surface area contributed by atoms with Crippen molar-refractivity contribution >= 4 is 11.9 Å². The van der Waals surface area contributed by atoms with Crippen LogP contribution in [0, 0.1) is 0 Å². The first-order valence-corrected chi connectivity index (χ1v) is 3.05. The minimum absolute atomic E-state index is 0.236. The topological polar surface area (TPSA) is 49.4 Å². The number of hydrogen-bond donors (Lipinski definition) is 1. The molecule has 1 aliphatic heterocycles. The van der Waals surface area contributed by atoms with Crippen LogP contribution in [0.3, 0.4) is 0 Å². The van der Waals surface area contributed by atoms with Crippen LogP contribution < -0.4 is 5.32 Å². The zero-order valence-electron chi connectivity index (χ0n) is 6.26. The van der Waals surface area contributed by atoms with Crippen molar-refractivity contribution in [3.8, 4) is 0 Å². The summed E-state index contributed by atoms with van der Waals surface area (Å²) in [4.78, 5) is 23.1. The van der Waals surface area contributed by atoms with E-state index in [-0.39, 0.29) is 11.9 Å². The highest BCUT2D eigenvalue weighted by atomic mass is 16.3. The third kappa shape index (κ3) is 0.683. The summed E-state index contributed by atoms with van der Waals surface area (Å²) < 4.78 is 0. The average Bonchev–Trinajstić information content (AvgIpc) is 1.97. The number of nitrogens with one attached hydrogen (secondary N) is 1. The molecule has 4 nitrogen and oxygen atoms in total. The maximum Gasteiger partial charge on any atom is 0.324 e. The Labute approximate surface area is 59.2 Å². The Balaban J connectivity index is 2.96. The summed E-state index contributed by atoms with van der Waals surface area (Å²) in [6.45, 7) is 3.40. The van der Waals surface area contributed by atoms with Gasteiger partial charge < -0.3 is 4.90 Å². The lowest BCUT2D eigenvalue weighted by molar-refractivity contribution is -0.124. The van der Waals surface area contributed by atoms with E-state index in [1.54, 1.807) is 20.9 Å². The first-order valence-electron chi connectivity index (χ1n) is 3.05. The van der Waals surface area contributed by atoms with Crippen molar-refractivity contribution in [1.82, 2.24) is 10.2 Å². The zero-order valence-corrected chi connectivity index (χ0v) is 6.26. The van der Waals surface area contributed by atoms with Gasteiger partial charge >= 0.3 is 6.03 Å². The van der Waals surface area contributed by atoms with Crippen LogP contribution in [0.2, 0.25) is 0 Å². The van der Waals surface area contributed by atoms with E-state index in [1.165, 1.54) is 4.90 Å². The van der Waals surface area contributed by atoms with Crippen LogP contribution >= 0.6 is 0 Å². The Morgan fingerprint density at radius 2 is 2.10 bits per heavy atom. The van der Waals surface area contributed by atoms with Crippen molar-refractivity contribution < 1.29 is 9.59 Å². The van der Waals surface area contributed by atoms with Crippen molar-refractivity contribution in [3.05, 3.63) is 0 Å². The van der Waals surface area contributed by atoms with Gasteiger partial charge in [-0.3, -0.25) is 10.1 Å². The predicted octanol–water partition coefficient (Wildman–Crippen LogP) is -0.0534. The molecule has 0 atom stereocenters. The molecule has 1 saturated heterocycles.